The van der Waals surface area contributed by atoms with Crippen molar-refractivity contribution < 1.29 is 9.59 Å². The molecule has 6 N–H and O–H groups in total. The molecule has 0 saturated carbocycles. The van der Waals surface area contributed by atoms with Gasteiger partial charge in [0.15, 0.2) is 0 Å². The highest BCUT2D eigenvalue weighted by Crippen LogP contribution is 2.34. The summed E-state index contributed by atoms with van der Waals surface area (Å²) in [6, 6.07) is 0. The van der Waals surface area contributed by atoms with Crippen LogP contribution in [-0.4, -0.2) is 25.4 Å². The Morgan fingerprint density at radius 2 is 2.06 bits per heavy atom. The molecule has 0 fully saturated rings. The monoisotopic (exact) mass is 242 g/mol. The van der Waals surface area contributed by atoms with Gasteiger partial charge in [-0.2, -0.15) is 0 Å². The maximum Gasteiger partial charge on any atom is 0.263 e. The first-order chi connectivity index (χ1) is 7.52. The van der Waals surface area contributed by atoms with Crippen LogP contribution < -0.4 is 22.1 Å². The molecule has 7 heteroatoms. The van der Waals surface area contributed by atoms with Crippen molar-refractivity contribution in [3.8, 4) is 0 Å². The lowest BCUT2D eigenvalue weighted by Gasteiger charge is -2.00. The summed E-state index contributed by atoms with van der Waals surface area (Å²) in [7, 11) is 1.64. The van der Waals surface area contributed by atoms with Crippen LogP contribution in [0.1, 0.15) is 27.0 Å². The SMILES string of the molecule is CCNC(=O)c1sc(NC)c(C(N)=O)c1N. The van der Waals surface area contributed by atoms with Crippen LogP contribution in [-0.2, 0) is 0 Å². The van der Waals surface area contributed by atoms with Gasteiger partial charge in [-0.15, -0.1) is 11.3 Å². The summed E-state index contributed by atoms with van der Waals surface area (Å²) in [5.74, 6) is -0.942. The Labute approximate surface area is 97.0 Å². The zero-order chi connectivity index (χ0) is 12.3. The van der Waals surface area contributed by atoms with Gasteiger partial charge in [-0.1, -0.05) is 0 Å². The second kappa shape index (κ2) is 4.84. The van der Waals surface area contributed by atoms with Crippen LogP contribution in [0.2, 0.25) is 0 Å². The molecule has 1 rings (SSSR count). The predicted molar refractivity (Wildman–Crippen MR) is 64.8 cm³/mol. The van der Waals surface area contributed by atoms with Gasteiger partial charge in [-0.3, -0.25) is 9.59 Å². The van der Waals surface area contributed by atoms with Gasteiger partial charge < -0.3 is 22.1 Å². The number of thiophene rings is 1. The molecule has 1 heterocycles. The summed E-state index contributed by atoms with van der Waals surface area (Å²) >= 11 is 1.11. The van der Waals surface area contributed by atoms with Crippen molar-refractivity contribution in [3.63, 3.8) is 0 Å². The van der Waals surface area contributed by atoms with Gasteiger partial charge in [0.25, 0.3) is 11.8 Å². The van der Waals surface area contributed by atoms with E-state index in [1.54, 1.807) is 14.0 Å². The second-order valence-corrected chi connectivity index (χ2v) is 4.04. The van der Waals surface area contributed by atoms with E-state index in [9.17, 15) is 9.59 Å². The number of primary amides is 1. The molecule has 88 valence electrons. The number of carbonyl (C=O) groups is 2. The van der Waals surface area contributed by atoms with E-state index in [0.29, 0.717) is 16.4 Å². The van der Waals surface area contributed by atoms with Crippen molar-refractivity contribution in [1.29, 1.82) is 0 Å². The van der Waals surface area contributed by atoms with Gasteiger partial charge in [0, 0.05) is 13.6 Å². The van der Waals surface area contributed by atoms with Crippen molar-refractivity contribution >= 4 is 33.8 Å². The molecule has 0 radical (unpaired) electrons. The largest absolute Gasteiger partial charge is 0.397 e. The van der Waals surface area contributed by atoms with E-state index in [4.69, 9.17) is 11.5 Å². The minimum atomic E-state index is -0.645. The first-order valence-corrected chi connectivity index (χ1v) is 5.52. The molecule has 2 amide bonds. The minimum absolute atomic E-state index is 0.132. The van der Waals surface area contributed by atoms with Crippen molar-refractivity contribution in [2.24, 2.45) is 5.73 Å². The molecule has 1 aromatic rings. The average Bonchev–Trinajstić information content (AvgIpc) is 2.55. The van der Waals surface area contributed by atoms with Gasteiger partial charge in [0.05, 0.1) is 11.3 Å². The molecule has 0 spiro atoms. The molecule has 1 aromatic heterocycles. The molecule has 0 unspecified atom stereocenters. The quantitative estimate of drug-likeness (QED) is 0.605. The Bertz CT molecular complexity index is 427. The number of carbonyl (C=O) groups excluding carboxylic acids is 2. The number of nitrogen functional groups attached to an aromatic ring is 1. The van der Waals surface area contributed by atoms with Crippen LogP contribution in [0.3, 0.4) is 0 Å². The first kappa shape index (κ1) is 12.3. The fraction of sp³-hybridized carbons (Fsp3) is 0.333. The highest BCUT2D eigenvalue weighted by Gasteiger charge is 2.23. The Morgan fingerprint density at radius 1 is 1.44 bits per heavy atom. The summed E-state index contributed by atoms with van der Waals surface area (Å²) in [6.45, 7) is 2.30. The fourth-order valence-corrected chi connectivity index (χ4v) is 2.27. The van der Waals surface area contributed by atoms with Crippen molar-refractivity contribution in [3.05, 3.63) is 10.4 Å². The Kier molecular flexibility index (Phi) is 3.73. The standard InChI is InChI=1S/C9H14N4O2S/c1-3-13-8(15)6-5(10)4(7(11)14)9(12-2)16-6/h12H,3,10H2,1-2H3,(H2,11,14)(H,13,15). The summed E-state index contributed by atoms with van der Waals surface area (Å²) in [6.07, 6.45) is 0. The van der Waals surface area contributed by atoms with Gasteiger partial charge in [0.1, 0.15) is 9.88 Å². The third-order valence-electron chi connectivity index (χ3n) is 1.96. The normalized spacial score (nSPS) is 9.88. The third-order valence-corrected chi connectivity index (χ3v) is 3.18. The summed E-state index contributed by atoms with van der Waals surface area (Å²) in [4.78, 5) is 23.1. The molecular formula is C9H14N4O2S. The minimum Gasteiger partial charge on any atom is -0.397 e. The molecular weight excluding hydrogens is 228 g/mol. The first-order valence-electron chi connectivity index (χ1n) is 4.70. The smallest absolute Gasteiger partial charge is 0.263 e. The van der Waals surface area contributed by atoms with E-state index in [1.165, 1.54) is 0 Å². The lowest BCUT2D eigenvalue weighted by Crippen LogP contribution is -2.23. The molecule has 0 aliphatic rings. The van der Waals surface area contributed by atoms with Crippen molar-refractivity contribution in [2.75, 3.05) is 24.6 Å². The molecule has 6 nitrogen and oxygen atoms in total. The van der Waals surface area contributed by atoms with Crippen LogP contribution in [0.25, 0.3) is 0 Å². The maximum absolute atomic E-state index is 11.6. The number of nitrogens with two attached hydrogens (primary N) is 2. The van der Waals surface area contributed by atoms with Gasteiger partial charge >= 0.3 is 0 Å². The molecule has 0 bridgehead atoms. The van der Waals surface area contributed by atoms with Gasteiger partial charge in [-0.25, -0.2) is 0 Å². The van der Waals surface area contributed by atoms with Crippen molar-refractivity contribution in [1.82, 2.24) is 5.32 Å². The van der Waals surface area contributed by atoms with Gasteiger partial charge in [-0.05, 0) is 6.92 Å². The average molecular weight is 242 g/mol. The summed E-state index contributed by atoms with van der Waals surface area (Å²) < 4.78 is 0. The lowest BCUT2D eigenvalue weighted by molar-refractivity contribution is 0.0960. The molecule has 16 heavy (non-hydrogen) atoms. The summed E-state index contributed by atoms with van der Waals surface area (Å²) in [5, 5.41) is 5.92. The molecule has 0 aliphatic carbocycles. The number of amides is 2. The zero-order valence-corrected chi connectivity index (χ0v) is 9.90. The van der Waals surface area contributed by atoms with Gasteiger partial charge in [0.2, 0.25) is 0 Å². The highest BCUT2D eigenvalue weighted by molar-refractivity contribution is 7.19. The van der Waals surface area contributed by atoms with E-state index in [2.05, 4.69) is 10.6 Å². The van der Waals surface area contributed by atoms with E-state index >= 15 is 0 Å². The Balaban J connectivity index is 3.23. The number of hydrogen-bond donors (Lipinski definition) is 4. The number of hydrogen-bond acceptors (Lipinski definition) is 5. The second-order valence-electron chi connectivity index (χ2n) is 3.02. The molecule has 0 saturated heterocycles. The number of nitrogens with one attached hydrogen (secondary N) is 2. The van der Waals surface area contributed by atoms with Crippen LogP contribution >= 0.6 is 11.3 Å². The number of anilines is 2. The Morgan fingerprint density at radius 3 is 2.44 bits per heavy atom. The van der Waals surface area contributed by atoms with E-state index in [0.717, 1.165) is 11.3 Å². The van der Waals surface area contributed by atoms with E-state index in [1.807, 2.05) is 0 Å². The van der Waals surface area contributed by atoms with Crippen LogP contribution in [0.5, 0.6) is 0 Å². The van der Waals surface area contributed by atoms with Crippen LogP contribution in [0, 0.1) is 0 Å². The van der Waals surface area contributed by atoms with Crippen molar-refractivity contribution in [2.45, 2.75) is 6.92 Å². The van der Waals surface area contributed by atoms with Crippen LogP contribution in [0.15, 0.2) is 0 Å². The van der Waals surface area contributed by atoms with Crippen LogP contribution in [0.4, 0.5) is 10.7 Å². The molecule has 0 aliphatic heterocycles. The van der Waals surface area contributed by atoms with E-state index < -0.39 is 5.91 Å². The third kappa shape index (κ3) is 2.08. The molecule has 0 atom stereocenters. The predicted octanol–water partition coefficient (Wildman–Crippen LogP) is 0.221. The summed E-state index contributed by atoms with van der Waals surface area (Å²) in [5.41, 5.74) is 11.2. The highest BCUT2D eigenvalue weighted by atomic mass is 32.1. The fourth-order valence-electron chi connectivity index (χ4n) is 1.27. The maximum atomic E-state index is 11.6. The van der Waals surface area contributed by atoms with E-state index in [-0.39, 0.29) is 17.2 Å². The number of rotatable bonds is 4. The topological polar surface area (TPSA) is 110 Å². The lowest BCUT2D eigenvalue weighted by atomic mass is 10.2. The zero-order valence-electron chi connectivity index (χ0n) is 9.09. The molecule has 0 aromatic carbocycles. The Hall–Kier alpha value is -1.76.